The second-order valence-electron chi connectivity index (χ2n) is 4.79. The van der Waals surface area contributed by atoms with Crippen molar-refractivity contribution >= 4 is 23.6 Å². The zero-order chi connectivity index (χ0) is 15.3. The lowest BCUT2D eigenvalue weighted by molar-refractivity contribution is 0.0690. The number of aromatic amines is 1. The van der Waals surface area contributed by atoms with Gasteiger partial charge in [-0.05, 0) is 44.3 Å². The fraction of sp³-hybridized carbons (Fsp3) is 0.571. The molecule has 0 aliphatic carbocycles. The maximum Gasteiger partial charge on any atom is 0.352 e. The molecule has 0 aliphatic heterocycles. The molecule has 0 bridgehead atoms. The molecule has 1 atom stereocenters. The molecular formula is C14H22N2O3S. The highest BCUT2D eigenvalue weighted by atomic mass is 32.2. The summed E-state index contributed by atoms with van der Waals surface area (Å²) in [5.41, 5.74) is 1.61. The summed E-state index contributed by atoms with van der Waals surface area (Å²) in [6.45, 7) is 7.43. The molecule has 1 amide bonds. The lowest BCUT2D eigenvalue weighted by atomic mass is 10.1. The predicted molar refractivity (Wildman–Crippen MR) is 81.8 cm³/mol. The van der Waals surface area contributed by atoms with Gasteiger partial charge in [-0.15, -0.1) is 0 Å². The van der Waals surface area contributed by atoms with E-state index in [0.717, 1.165) is 17.9 Å². The molecule has 0 fully saturated rings. The van der Waals surface area contributed by atoms with Gasteiger partial charge in [-0.2, -0.15) is 11.8 Å². The van der Waals surface area contributed by atoms with Crippen LogP contribution in [0.3, 0.4) is 0 Å². The number of thioether (sulfide) groups is 1. The van der Waals surface area contributed by atoms with E-state index in [-0.39, 0.29) is 17.6 Å². The minimum absolute atomic E-state index is 0.0727. The van der Waals surface area contributed by atoms with Crippen LogP contribution in [-0.4, -0.2) is 39.5 Å². The third-order valence-corrected chi connectivity index (χ3v) is 4.09. The van der Waals surface area contributed by atoms with Gasteiger partial charge in [0.25, 0.3) is 5.91 Å². The van der Waals surface area contributed by atoms with Crippen LogP contribution in [0.1, 0.15) is 52.4 Å². The summed E-state index contributed by atoms with van der Waals surface area (Å²) in [6.07, 6.45) is 0.901. The van der Waals surface area contributed by atoms with Gasteiger partial charge in [0.15, 0.2) is 0 Å². The fourth-order valence-corrected chi connectivity index (χ4v) is 2.89. The highest BCUT2D eigenvalue weighted by Crippen LogP contribution is 2.18. The minimum atomic E-state index is -1.04. The molecule has 0 spiro atoms. The van der Waals surface area contributed by atoms with Crippen molar-refractivity contribution in [3.63, 3.8) is 0 Å². The van der Waals surface area contributed by atoms with Gasteiger partial charge in [-0.25, -0.2) is 4.79 Å². The Labute approximate surface area is 123 Å². The van der Waals surface area contributed by atoms with Crippen molar-refractivity contribution < 1.29 is 14.7 Å². The van der Waals surface area contributed by atoms with Crippen LogP contribution < -0.4 is 5.32 Å². The molecule has 1 unspecified atom stereocenters. The first-order valence-corrected chi connectivity index (χ1v) is 7.85. The van der Waals surface area contributed by atoms with Gasteiger partial charge < -0.3 is 15.4 Å². The third-order valence-electron chi connectivity index (χ3n) is 3.16. The predicted octanol–water partition coefficient (Wildman–Crippen LogP) is 2.59. The number of carboxylic acids is 1. The van der Waals surface area contributed by atoms with Gasteiger partial charge in [0.05, 0.1) is 5.56 Å². The number of hydrogen-bond donors (Lipinski definition) is 3. The molecule has 1 aromatic heterocycles. The van der Waals surface area contributed by atoms with E-state index in [0.29, 0.717) is 16.8 Å². The summed E-state index contributed by atoms with van der Waals surface area (Å²) in [5.74, 6) is 0.817. The molecule has 0 aromatic carbocycles. The second kappa shape index (κ2) is 7.38. The Morgan fingerprint density at radius 2 is 2.05 bits per heavy atom. The summed E-state index contributed by atoms with van der Waals surface area (Å²) < 4.78 is 0. The van der Waals surface area contributed by atoms with Crippen LogP contribution in [0, 0.1) is 13.8 Å². The summed E-state index contributed by atoms with van der Waals surface area (Å²) in [4.78, 5) is 26.0. The Morgan fingerprint density at radius 3 is 2.55 bits per heavy atom. The molecule has 112 valence electrons. The van der Waals surface area contributed by atoms with Crippen LogP contribution in [-0.2, 0) is 0 Å². The first kappa shape index (κ1) is 16.6. The quantitative estimate of drug-likeness (QED) is 0.676. The molecule has 1 rings (SSSR count). The largest absolute Gasteiger partial charge is 0.477 e. The van der Waals surface area contributed by atoms with Crippen LogP contribution in [0.4, 0.5) is 0 Å². The number of amides is 1. The van der Waals surface area contributed by atoms with Crippen molar-refractivity contribution in [3.8, 4) is 0 Å². The van der Waals surface area contributed by atoms with E-state index in [1.54, 1.807) is 13.8 Å². The van der Waals surface area contributed by atoms with Gasteiger partial charge in [-0.3, -0.25) is 4.79 Å². The zero-order valence-corrected chi connectivity index (χ0v) is 13.2. The van der Waals surface area contributed by atoms with Crippen molar-refractivity contribution in [2.45, 2.75) is 40.2 Å². The molecule has 6 heteroatoms. The van der Waals surface area contributed by atoms with Gasteiger partial charge in [-0.1, -0.05) is 6.92 Å². The van der Waals surface area contributed by atoms with Crippen LogP contribution in [0.5, 0.6) is 0 Å². The average Bonchev–Trinajstić information content (AvgIpc) is 2.65. The summed E-state index contributed by atoms with van der Waals surface area (Å²) in [7, 11) is 0. The average molecular weight is 298 g/mol. The van der Waals surface area contributed by atoms with Crippen molar-refractivity contribution in [3.05, 3.63) is 22.5 Å². The Hall–Kier alpha value is -1.43. The molecule has 0 radical (unpaired) electrons. The van der Waals surface area contributed by atoms with Crippen molar-refractivity contribution in [1.82, 2.24) is 10.3 Å². The first-order chi connectivity index (χ1) is 9.38. The number of rotatable bonds is 7. The molecule has 1 heterocycles. The highest BCUT2D eigenvalue weighted by Gasteiger charge is 2.22. The van der Waals surface area contributed by atoms with Gasteiger partial charge >= 0.3 is 5.97 Å². The Balaban J connectivity index is 2.75. The summed E-state index contributed by atoms with van der Waals surface area (Å²) >= 11 is 1.84. The molecule has 20 heavy (non-hydrogen) atoms. The lowest BCUT2D eigenvalue weighted by Gasteiger charge is -2.14. The molecule has 0 saturated heterocycles. The number of aromatic nitrogens is 1. The molecule has 1 aromatic rings. The van der Waals surface area contributed by atoms with Crippen molar-refractivity contribution in [2.75, 3.05) is 11.5 Å². The minimum Gasteiger partial charge on any atom is -0.477 e. The Morgan fingerprint density at radius 1 is 1.40 bits per heavy atom. The van der Waals surface area contributed by atoms with Gasteiger partial charge in [0, 0.05) is 11.7 Å². The van der Waals surface area contributed by atoms with E-state index in [1.165, 1.54) is 0 Å². The van der Waals surface area contributed by atoms with Crippen LogP contribution in [0.15, 0.2) is 0 Å². The Kier molecular flexibility index (Phi) is 6.13. The smallest absolute Gasteiger partial charge is 0.352 e. The number of aryl methyl sites for hydroxylation is 1. The third kappa shape index (κ3) is 4.03. The van der Waals surface area contributed by atoms with Crippen LogP contribution in [0.2, 0.25) is 0 Å². The van der Waals surface area contributed by atoms with E-state index >= 15 is 0 Å². The fourth-order valence-electron chi connectivity index (χ4n) is 2.08. The van der Waals surface area contributed by atoms with Crippen LogP contribution in [0.25, 0.3) is 0 Å². The highest BCUT2D eigenvalue weighted by molar-refractivity contribution is 7.99. The summed E-state index contributed by atoms with van der Waals surface area (Å²) in [5, 5.41) is 12.0. The van der Waals surface area contributed by atoms with E-state index in [2.05, 4.69) is 17.2 Å². The van der Waals surface area contributed by atoms with Gasteiger partial charge in [0.1, 0.15) is 5.69 Å². The number of aromatic carboxylic acids is 1. The monoisotopic (exact) mass is 298 g/mol. The normalized spacial score (nSPS) is 12.2. The lowest BCUT2D eigenvalue weighted by Crippen LogP contribution is -2.33. The molecular weight excluding hydrogens is 276 g/mol. The standard InChI is InChI=1S/C14H22N2O3S/c1-5-20-7-6-8(2)15-13(17)11-9(3)12(14(18)19)16-10(11)4/h8,16H,5-7H2,1-4H3,(H,15,17)(H,18,19). The Bertz CT molecular complexity index is 497. The van der Waals surface area contributed by atoms with Crippen LogP contribution >= 0.6 is 11.8 Å². The number of H-pyrrole nitrogens is 1. The SMILES string of the molecule is CCSCCC(C)NC(=O)c1c(C)[nH]c(C(=O)O)c1C. The second-order valence-corrected chi connectivity index (χ2v) is 6.18. The van der Waals surface area contributed by atoms with E-state index in [4.69, 9.17) is 5.11 Å². The molecule has 0 aliphatic rings. The number of carbonyl (C=O) groups excluding carboxylic acids is 1. The topological polar surface area (TPSA) is 82.2 Å². The van der Waals surface area contributed by atoms with E-state index in [9.17, 15) is 9.59 Å². The number of nitrogens with one attached hydrogen (secondary N) is 2. The summed E-state index contributed by atoms with van der Waals surface area (Å²) in [6, 6.07) is 0.0727. The van der Waals surface area contributed by atoms with Gasteiger partial charge in [0.2, 0.25) is 0 Å². The maximum absolute atomic E-state index is 12.2. The molecule has 0 saturated carbocycles. The molecule has 5 nitrogen and oxygen atoms in total. The zero-order valence-electron chi connectivity index (χ0n) is 12.4. The van der Waals surface area contributed by atoms with Crippen molar-refractivity contribution in [1.29, 1.82) is 0 Å². The number of carboxylic acid groups (broad SMARTS) is 1. The molecule has 3 N–H and O–H groups in total. The first-order valence-electron chi connectivity index (χ1n) is 6.69. The van der Waals surface area contributed by atoms with E-state index < -0.39 is 5.97 Å². The maximum atomic E-state index is 12.2. The number of carbonyl (C=O) groups is 2. The van der Waals surface area contributed by atoms with Crippen molar-refractivity contribution in [2.24, 2.45) is 0 Å². The number of hydrogen-bond acceptors (Lipinski definition) is 3. The van der Waals surface area contributed by atoms with E-state index in [1.807, 2.05) is 18.7 Å².